The van der Waals surface area contributed by atoms with Crippen LogP contribution in [0.5, 0.6) is 5.75 Å². The van der Waals surface area contributed by atoms with E-state index in [9.17, 15) is 9.90 Å². The van der Waals surface area contributed by atoms with Gasteiger partial charge in [-0.1, -0.05) is 34.8 Å². The number of hydrogen-bond donors (Lipinski definition) is 1. The average molecular weight is 445 g/mol. The van der Waals surface area contributed by atoms with Crippen molar-refractivity contribution in [2.24, 2.45) is 0 Å². The Morgan fingerprint density at radius 3 is 2.39 bits per heavy atom. The summed E-state index contributed by atoms with van der Waals surface area (Å²) in [6.07, 6.45) is -0.192. The highest BCUT2D eigenvalue weighted by molar-refractivity contribution is 6.66. The number of nitrogens with zero attached hydrogens (tertiary/aromatic N) is 5. The van der Waals surface area contributed by atoms with Gasteiger partial charge in [0.25, 0.3) is 0 Å². The number of likely N-dealkylation sites (tertiary alicyclic amines) is 1. The van der Waals surface area contributed by atoms with E-state index in [0.29, 0.717) is 30.6 Å². The number of rotatable bonds is 3. The molecule has 0 aliphatic carbocycles. The highest BCUT2D eigenvalue weighted by Crippen LogP contribution is 2.39. The van der Waals surface area contributed by atoms with E-state index in [2.05, 4.69) is 15.0 Å². The third-order valence-electron chi connectivity index (χ3n) is 4.97. The van der Waals surface area contributed by atoms with E-state index in [1.54, 1.807) is 19.2 Å². The summed E-state index contributed by atoms with van der Waals surface area (Å²) in [5, 5.41) is 9.28. The van der Waals surface area contributed by atoms with Gasteiger partial charge in [-0.05, 0) is 30.7 Å². The summed E-state index contributed by atoms with van der Waals surface area (Å²) < 4.78 is 3.36. The Balaban J connectivity index is 1.71. The number of alkyl halides is 3. The van der Waals surface area contributed by atoms with E-state index in [1.165, 1.54) is 4.90 Å². The van der Waals surface area contributed by atoms with Crippen LogP contribution in [0, 0.1) is 0 Å². The van der Waals surface area contributed by atoms with Crippen molar-refractivity contribution >= 4 is 46.8 Å². The molecule has 2 aliphatic rings. The molecule has 2 aromatic rings. The molecule has 2 atom stereocenters. The molecular formula is C17H16Cl3N5O3. The van der Waals surface area contributed by atoms with Gasteiger partial charge in [-0.25, -0.2) is 9.78 Å². The van der Waals surface area contributed by atoms with Crippen molar-refractivity contribution < 1.29 is 14.6 Å². The Labute approximate surface area is 176 Å². The molecule has 1 aromatic heterocycles. The number of carbonyl (C=O) groups is 1. The second-order valence-electron chi connectivity index (χ2n) is 6.64. The van der Waals surface area contributed by atoms with E-state index >= 15 is 0 Å². The summed E-state index contributed by atoms with van der Waals surface area (Å²) in [4.78, 5) is 28.0. The first-order valence-corrected chi connectivity index (χ1v) is 9.63. The summed E-state index contributed by atoms with van der Waals surface area (Å²) in [5.74, 6) is 1.46. The number of methoxy groups -OCH3 is 1. The smallest absolute Gasteiger partial charge is 0.407 e. The van der Waals surface area contributed by atoms with Crippen LogP contribution >= 0.6 is 34.8 Å². The molecule has 8 nitrogen and oxygen atoms in total. The Morgan fingerprint density at radius 2 is 1.86 bits per heavy atom. The van der Waals surface area contributed by atoms with Crippen LogP contribution in [0.15, 0.2) is 24.3 Å². The SMILES string of the molecule is COc1ccc(-c2nc(N3CC4CC3CN4C(=O)O)nc(C(Cl)(Cl)Cl)n2)cc1. The highest BCUT2D eigenvalue weighted by atomic mass is 35.6. The number of aromatic nitrogens is 3. The van der Waals surface area contributed by atoms with E-state index < -0.39 is 9.89 Å². The van der Waals surface area contributed by atoms with Crippen molar-refractivity contribution in [3.8, 4) is 17.1 Å². The molecule has 1 amide bonds. The quantitative estimate of drug-likeness (QED) is 0.726. The van der Waals surface area contributed by atoms with Gasteiger partial charge in [0, 0.05) is 18.7 Å². The lowest BCUT2D eigenvalue weighted by Crippen LogP contribution is -2.49. The van der Waals surface area contributed by atoms with Gasteiger partial charge in [-0.2, -0.15) is 9.97 Å². The molecule has 0 spiro atoms. The monoisotopic (exact) mass is 443 g/mol. The molecule has 11 heteroatoms. The minimum absolute atomic E-state index is 0.0181. The third kappa shape index (κ3) is 3.52. The topological polar surface area (TPSA) is 91.7 Å². The Kier molecular flexibility index (Phi) is 4.89. The van der Waals surface area contributed by atoms with Crippen LogP contribution in [0.1, 0.15) is 12.2 Å². The lowest BCUT2D eigenvalue weighted by atomic mass is 10.2. The van der Waals surface area contributed by atoms with Crippen molar-refractivity contribution in [3.63, 3.8) is 0 Å². The van der Waals surface area contributed by atoms with Crippen LogP contribution < -0.4 is 9.64 Å². The maximum atomic E-state index is 11.3. The van der Waals surface area contributed by atoms with Gasteiger partial charge >= 0.3 is 6.09 Å². The highest BCUT2D eigenvalue weighted by Gasteiger charge is 2.46. The van der Waals surface area contributed by atoms with E-state index in [0.717, 1.165) is 12.0 Å². The standard InChI is InChI=1S/C17H16Cl3N5O3/c1-28-12-4-2-9(3-5-12)13-21-14(17(18,19)20)23-15(22-13)24-7-11-6-10(24)8-25(11)16(26)27/h2-5,10-11H,6-8H2,1H3,(H,26,27). The molecule has 2 saturated heterocycles. The molecule has 148 valence electrons. The molecule has 0 radical (unpaired) electrons. The van der Waals surface area contributed by atoms with Crippen molar-refractivity contribution in [3.05, 3.63) is 30.1 Å². The fourth-order valence-corrected chi connectivity index (χ4v) is 3.89. The second-order valence-corrected chi connectivity index (χ2v) is 8.92. The van der Waals surface area contributed by atoms with Crippen LogP contribution in [0.25, 0.3) is 11.4 Å². The van der Waals surface area contributed by atoms with Gasteiger partial charge in [0.2, 0.25) is 9.74 Å². The minimum Gasteiger partial charge on any atom is -0.497 e. The molecule has 1 aromatic carbocycles. The number of hydrogen-bond acceptors (Lipinski definition) is 6. The molecule has 2 fully saturated rings. The molecule has 28 heavy (non-hydrogen) atoms. The summed E-state index contributed by atoms with van der Waals surface area (Å²) in [5.41, 5.74) is 0.719. The maximum Gasteiger partial charge on any atom is 0.407 e. The Morgan fingerprint density at radius 1 is 1.14 bits per heavy atom. The molecule has 0 saturated carbocycles. The molecule has 1 N–H and O–H groups in total. The average Bonchev–Trinajstić information content (AvgIpc) is 3.28. The van der Waals surface area contributed by atoms with Crippen LogP contribution in [-0.2, 0) is 3.79 Å². The summed E-state index contributed by atoms with van der Waals surface area (Å²) in [6.45, 7) is 0.884. The van der Waals surface area contributed by atoms with Crippen LogP contribution in [0.3, 0.4) is 0 Å². The predicted molar refractivity (Wildman–Crippen MR) is 105 cm³/mol. The normalized spacial score (nSPS) is 21.3. The van der Waals surface area contributed by atoms with E-state index in [1.807, 2.05) is 17.0 Å². The van der Waals surface area contributed by atoms with Gasteiger partial charge < -0.3 is 19.6 Å². The second kappa shape index (κ2) is 7.09. The molecule has 4 rings (SSSR count). The summed E-state index contributed by atoms with van der Waals surface area (Å²) in [7, 11) is 1.58. The van der Waals surface area contributed by atoms with Crippen molar-refractivity contribution in [1.82, 2.24) is 19.9 Å². The van der Waals surface area contributed by atoms with Gasteiger partial charge in [0.15, 0.2) is 11.6 Å². The zero-order valence-electron chi connectivity index (χ0n) is 14.7. The van der Waals surface area contributed by atoms with E-state index in [-0.39, 0.29) is 17.9 Å². The van der Waals surface area contributed by atoms with Gasteiger partial charge in [0.05, 0.1) is 19.2 Å². The lowest BCUT2D eigenvalue weighted by Gasteiger charge is -2.33. The number of amides is 1. The Hall–Kier alpha value is -2.03. The number of halogens is 3. The van der Waals surface area contributed by atoms with Gasteiger partial charge in [-0.3, -0.25) is 0 Å². The zero-order chi connectivity index (χ0) is 20.1. The van der Waals surface area contributed by atoms with Gasteiger partial charge in [0.1, 0.15) is 5.75 Å². The van der Waals surface area contributed by atoms with Crippen molar-refractivity contribution in [2.45, 2.75) is 22.3 Å². The predicted octanol–water partition coefficient (Wildman–Crippen LogP) is 3.31. The summed E-state index contributed by atoms with van der Waals surface area (Å²) >= 11 is 18.1. The number of benzene rings is 1. The summed E-state index contributed by atoms with van der Waals surface area (Å²) in [6, 6.07) is 7.08. The van der Waals surface area contributed by atoms with Crippen LogP contribution in [0.4, 0.5) is 10.7 Å². The number of anilines is 1. The Bertz CT molecular complexity index is 906. The molecular weight excluding hydrogens is 429 g/mol. The van der Waals surface area contributed by atoms with Crippen molar-refractivity contribution in [2.75, 3.05) is 25.1 Å². The first kappa shape index (κ1) is 19.3. The number of piperazine rings is 1. The van der Waals surface area contributed by atoms with E-state index in [4.69, 9.17) is 39.5 Å². The molecule has 2 aliphatic heterocycles. The number of ether oxygens (including phenoxy) is 1. The minimum atomic E-state index is -1.81. The first-order chi connectivity index (χ1) is 13.3. The van der Waals surface area contributed by atoms with Crippen LogP contribution in [-0.4, -0.2) is 63.3 Å². The molecule has 2 bridgehead atoms. The zero-order valence-corrected chi connectivity index (χ0v) is 17.0. The van der Waals surface area contributed by atoms with Gasteiger partial charge in [-0.15, -0.1) is 0 Å². The molecule has 3 heterocycles. The largest absolute Gasteiger partial charge is 0.497 e. The number of carboxylic acid groups (broad SMARTS) is 1. The van der Waals surface area contributed by atoms with Crippen molar-refractivity contribution in [1.29, 1.82) is 0 Å². The lowest BCUT2D eigenvalue weighted by molar-refractivity contribution is 0.137. The fourth-order valence-electron chi connectivity index (χ4n) is 3.64. The molecule has 2 unspecified atom stereocenters. The third-order valence-corrected chi connectivity index (χ3v) is 5.48. The fraction of sp³-hybridized carbons (Fsp3) is 0.412. The number of fused-ring (bicyclic) bond motifs is 2. The first-order valence-electron chi connectivity index (χ1n) is 8.50. The maximum absolute atomic E-state index is 11.3. The van der Waals surface area contributed by atoms with Crippen LogP contribution in [0.2, 0.25) is 0 Å².